The second kappa shape index (κ2) is 6.76. The Morgan fingerprint density at radius 3 is 2.48 bits per heavy atom. The van der Waals surface area contributed by atoms with Gasteiger partial charge >= 0.3 is 5.69 Å². The summed E-state index contributed by atoms with van der Waals surface area (Å²) in [6.45, 7) is 3.95. The minimum absolute atomic E-state index is 0.291. The lowest BCUT2D eigenvalue weighted by Crippen LogP contribution is -2.07. The molecule has 0 aliphatic heterocycles. The average Bonchev–Trinajstić information content (AvgIpc) is 3.02. The quantitative estimate of drug-likeness (QED) is 0.656. The normalized spacial score (nSPS) is 10.6. The Morgan fingerprint density at radius 2 is 1.80 bits per heavy atom. The lowest BCUT2D eigenvalue weighted by Gasteiger charge is -2.11. The fraction of sp³-hybridized carbons (Fsp3) is 0.211. The molecule has 0 amide bonds. The van der Waals surface area contributed by atoms with E-state index in [-0.39, 0.29) is 0 Å². The molecule has 6 nitrogen and oxygen atoms in total. The summed E-state index contributed by atoms with van der Waals surface area (Å²) in [5.74, 6) is 1.19. The molecule has 2 aromatic carbocycles. The molecule has 3 aromatic rings. The van der Waals surface area contributed by atoms with Crippen molar-refractivity contribution in [3.05, 3.63) is 64.8 Å². The number of aromatic nitrogens is 2. The molecule has 0 fully saturated rings. The summed E-state index contributed by atoms with van der Waals surface area (Å²) in [5, 5.41) is 0. The van der Waals surface area contributed by atoms with Crippen molar-refractivity contribution < 1.29 is 14.5 Å². The summed E-state index contributed by atoms with van der Waals surface area (Å²) in [4.78, 5) is 22.3. The van der Waals surface area contributed by atoms with E-state index in [4.69, 9.17) is 9.57 Å². The topological polar surface area (TPSA) is 56.4 Å². The summed E-state index contributed by atoms with van der Waals surface area (Å²) in [5.41, 5.74) is 3.88. The predicted molar refractivity (Wildman–Crippen MR) is 95.3 cm³/mol. The van der Waals surface area contributed by atoms with Crippen molar-refractivity contribution in [1.82, 2.24) is 9.55 Å². The minimum Gasteiger partial charge on any atom is -0.490 e. The van der Waals surface area contributed by atoms with E-state index in [1.165, 1.54) is 14.2 Å². The highest BCUT2D eigenvalue weighted by Crippen LogP contribution is 2.36. The summed E-state index contributed by atoms with van der Waals surface area (Å²) in [7, 11) is 2.85. The largest absolute Gasteiger partial charge is 0.490 e. The highest BCUT2D eigenvalue weighted by molar-refractivity contribution is 5.68. The van der Waals surface area contributed by atoms with Gasteiger partial charge in [-0.1, -0.05) is 30.3 Å². The molecule has 0 spiro atoms. The van der Waals surface area contributed by atoms with Crippen LogP contribution in [0.15, 0.2) is 48.7 Å². The number of para-hydroxylation sites is 1. The maximum Gasteiger partial charge on any atom is 0.381 e. The van der Waals surface area contributed by atoms with Crippen LogP contribution in [0, 0.1) is 18.8 Å². The molecule has 0 radical (unpaired) electrons. The molecule has 1 aromatic heterocycles. The Morgan fingerprint density at radius 1 is 1.04 bits per heavy atom. The first-order valence-electron chi connectivity index (χ1n) is 7.87. The molecule has 0 atom stereocenters. The highest BCUT2D eigenvalue weighted by atomic mass is 16.8. The highest BCUT2D eigenvalue weighted by Gasteiger charge is 2.29. The van der Waals surface area contributed by atoms with Gasteiger partial charge in [0.15, 0.2) is 7.11 Å². The van der Waals surface area contributed by atoms with Gasteiger partial charge in [0, 0.05) is 11.8 Å². The first kappa shape index (κ1) is 16.7. The van der Waals surface area contributed by atoms with E-state index in [1.54, 1.807) is 6.07 Å². The van der Waals surface area contributed by atoms with E-state index >= 15 is 0 Å². The van der Waals surface area contributed by atoms with Crippen molar-refractivity contribution in [3.63, 3.8) is 0 Å². The number of ether oxygens (including phenoxy) is 1. The molecule has 0 bridgehead atoms. The van der Waals surface area contributed by atoms with Crippen molar-refractivity contribution in [1.29, 1.82) is 0 Å². The fourth-order valence-corrected chi connectivity index (χ4v) is 2.84. The van der Waals surface area contributed by atoms with Gasteiger partial charge in [0.05, 0.1) is 17.7 Å². The zero-order chi connectivity index (χ0) is 18.0. The van der Waals surface area contributed by atoms with Gasteiger partial charge in [-0.3, -0.25) is 4.57 Å². The van der Waals surface area contributed by atoms with Crippen LogP contribution in [0.1, 0.15) is 11.3 Å². The Bertz CT molecular complexity index is 931. The molecular weight excluding hydrogens is 318 g/mol. The number of methoxy groups -OCH3 is 1. The Balaban J connectivity index is 2.29. The van der Waals surface area contributed by atoms with Crippen molar-refractivity contribution >= 4 is 5.69 Å². The van der Waals surface area contributed by atoms with Gasteiger partial charge in [-0.25, -0.2) is 9.82 Å². The molecule has 0 saturated carbocycles. The van der Waals surface area contributed by atoms with Crippen molar-refractivity contribution in [2.45, 2.75) is 13.8 Å². The number of benzene rings is 2. The van der Waals surface area contributed by atoms with E-state index in [2.05, 4.69) is 4.98 Å². The summed E-state index contributed by atoms with van der Waals surface area (Å²) in [6.07, 6.45) is 1.89. The molecule has 3 rings (SSSR count). The SMILES string of the molecule is COc1cccc(-n2cc(C)nc2-c2ccccc2C)c1[N+](=O)OC. The van der Waals surface area contributed by atoms with Crippen LogP contribution in [-0.4, -0.2) is 28.7 Å². The van der Waals surface area contributed by atoms with Crippen molar-refractivity contribution in [3.8, 4) is 22.8 Å². The van der Waals surface area contributed by atoms with E-state index in [9.17, 15) is 4.91 Å². The molecule has 25 heavy (non-hydrogen) atoms. The number of nitrogens with zero attached hydrogens (tertiary/aromatic N) is 3. The Kier molecular flexibility index (Phi) is 4.52. The van der Waals surface area contributed by atoms with Gasteiger partial charge in [-0.15, -0.1) is 0 Å². The lowest BCUT2D eigenvalue weighted by molar-refractivity contribution is -0.736. The number of aryl methyl sites for hydroxylation is 2. The van der Waals surface area contributed by atoms with E-state index < -0.39 is 0 Å². The maximum absolute atomic E-state index is 12.3. The molecular formula is C19H20N3O3+. The summed E-state index contributed by atoms with van der Waals surface area (Å²) < 4.78 is 7.24. The predicted octanol–water partition coefficient (Wildman–Crippen LogP) is 4.14. The number of hydrogen-bond donors (Lipinski definition) is 0. The molecule has 128 valence electrons. The van der Waals surface area contributed by atoms with Gasteiger partial charge in [0.1, 0.15) is 11.5 Å². The summed E-state index contributed by atoms with van der Waals surface area (Å²) >= 11 is 0. The van der Waals surface area contributed by atoms with E-state index in [1.807, 2.05) is 61.0 Å². The second-order valence-electron chi connectivity index (χ2n) is 5.66. The first-order chi connectivity index (χ1) is 12.1. The Hall–Kier alpha value is -3.15. The third kappa shape index (κ3) is 2.98. The van der Waals surface area contributed by atoms with Crippen LogP contribution >= 0.6 is 0 Å². The van der Waals surface area contributed by atoms with Crippen LogP contribution in [0.25, 0.3) is 17.1 Å². The van der Waals surface area contributed by atoms with Crippen LogP contribution in [-0.2, 0) is 4.84 Å². The molecule has 0 aliphatic rings. The molecule has 0 saturated heterocycles. The standard InChI is InChI=1S/C19H20N3O3/c1-13-8-5-6-9-15(13)19-20-14(2)12-21(19)16-10-7-11-17(24-3)18(16)22(23)25-4/h5-12H,1-4H3/q+1. The molecule has 1 heterocycles. The van der Waals surface area contributed by atoms with Crippen LogP contribution < -0.4 is 4.74 Å². The summed E-state index contributed by atoms with van der Waals surface area (Å²) in [6, 6.07) is 13.4. The third-order valence-electron chi connectivity index (χ3n) is 4.02. The zero-order valence-corrected chi connectivity index (χ0v) is 14.7. The smallest absolute Gasteiger partial charge is 0.381 e. The first-order valence-corrected chi connectivity index (χ1v) is 7.87. The van der Waals surface area contributed by atoms with Crippen molar-refractivity contribution in [2.75, 3.05) is 14.2 Å². The van der Waals surface area contributed by atoms with E-state index in [0.29, 0.717) is 22.0 Å². The molecule has 6 heteroatoms. The zero-order valence-electron chi connectivity index (χ0n) is 14.7. The Labute approximate surface area is 146 Å². The lowest BCUT2D eigenvalue weighted by atomic mass is 10.1. The molecule has 0 aliphatic carbocycles. The molecule has 0 N–H and O–H groups in total. The number of rotatable bonds is 5. The third-order valence-corrected chi connectivity index (χ3v) is 4.02. The van der Waals surface area contributed by atoms with Crippen LogP contribution in [0.2, 0.25) is 0 Å². The number of hydrogen-bond acceptors (Lipinski definition) is 4. The monoisotopic (exact) mass is 338 g/mol. The number of imidazole rings is 1. The fourth-order valence-electron chi connectivity index (χ4n) is 2.84. The van der Waals surface area contributed by atoms with Crippen molar-refractivity contribution in [2.24, 2.45) is 0 Å². The maximum atomic E-state index is 12.3. The van der Waals surface area contributed by atoms with Crippen LogP contribution in [0.3, 0.4) is 0 Å². The second-order valence-corrected chi connectivity index (χ2v) is 5.66. The minimum atomic E-state index is 0.291. The van der Waals surface area contributed by atoms with Gasteiger partial charge in [-0.05, 0) is 31.5 Å². The van der Waals surface area contributed by atoms with Crippen LogP contribution in [0.5, 0.6) is 5.75 Å². The average molecular weight is 338 g/mol. The molecule has 0 unspecified atom stereocenters. The van der Waals surface area contributed by atoms with Gasteiger partial charge < -0.3 is 4.74 Å². The van der Waals surface area contributed by atoms with E-state index in [0.717, 1.165) is 22.6 Å². The van der Waals surface area contributed by atoms with Gasteiger partial charge in [-0.2, -0.15) is 0 Å². The van der Waals surface area contributed by atoms with Gasteiger partial charge in [0.2, 0.25) is 5.75 Å². The van der Waals surface area contributed by atoms with Crippen LogP contribution in [0.4, 0.5) is 5.69 Å². The van der Waals surface area contributed by atoms with Gasteiger partial charge in [0.25, 0.3) is 4.92 Å².